The molecule has 0 unspecified atom stereocenters. The van der Waals surface area contributed by atoms with Crippen molar-refractivity contribution in [1.29, 1.82) is 0 Å². The van der Waals surface area contributed by atoms with E-state index in [2.05, 4.69) is 9.97 Å². The molecule has 0 aliphatic rings. The van der Waals surface area contributed by atoms with Crippen LogP contribution in [0, 0.1) is 6.92 Å². The summed E-state index contributed by atoms with van der Waals surface area (Å²) in [6, 6.07) is 15.2. The highest BCUT2D eigenvalue weighted by atomic mass is 32.1. The van der Waals surface area contributed by atoms with Gasteiger partial charge in [0, 0.05) is 16.5 Å². The molecule has 2 aromatic heterocycles. The van der Waals surface area contributed by atoms with Crippen LogP contribution in [-0.2, 0) is 0 Å². The third-order valence-corrected chi connectivity index (χ3v) is 3.80. The summed E-state index contributed by atoms with van der Waals surface area (Å²) in [6.45, 7) is 2.04. The lowest BCUT2D eigenvalue weighted by molar-refractivity contribution is 1.14. The number of aryl methyl sites for hydroxylation is 1. The molecule has 3 aromatic rings. The van der Waals surface area contributed by atoms with Crippen LogP contribution in [0.4, 0.5) is 0 Å². The largest absolute Gasteiger partial charge is 0.306 e. The van der Waals surface area contributed by atoms with Crippen LogP contribution in [0.1, 0.15) is 4.88 Å². The van der Waals surface area contributed by atoms with E-state index in [0.29, 0.717) is 5.82 Å². The molecule has 0 fully saturated rings. The monoisotopic (exact) mass is 268 g/mol. The summed E-state index contributed by atoms with van der Waals surface area (Å²) < 4.78 is 0. The molecule has 4 heteroatoms. The lowest BCUT2D eigenvalue weighted by Gasteiger charge is -2.02. The summed E-state index contributed by atoms with van der Waals surface area (Å²) in [6.07, 6.45) is 0. The predicted octanol–water partition coefficient (Wildman–Crippen LogP) is 3.47. The first-order valence-electron chi connectivity index (χ1n) is 5.96. The van der Waals surface area contributed by atoms with Gasteiger partial charge in [-0.1, -0.05) is 30.3 Å². The predicted molar refractivity (Wildman–Crippen MR) is 78.3 cm³/mol. The maximum absolute atomic E-state index is 11.8. The summed E-state index contributed by atoms with van der Waals surface area (Å²) in [5.41, 5.74) is 1.50. The Hall–Kier alpha value is -2.20. The molecule has 0 atom stereocenters. The Morgan fingerprint density at radius 2 is 1.89 bits per heavy atom. The number of nitrogens with zero attached hydrogens (tertiary/aromatic N) is 1. The molecule has 3 nitrogen and oxygen atoms in total. The van der Waals surface area contributed by atoms with Gasteiger partial charge in [-0.05, 0) is 19.1 Å². The van der Waals surface area contributed by atoms with Crippen molar-refractivity contribution in [3.05, 3.63) is 63.8 Å². The molecular weight excluding hydrogens is 256 g/mol. The van der Waals surface area contributed by atoms with Crippen molar-refractivity contribution in [2.75, 3.05) is 0 Å². The van der Waals surface area contributed by atoms with Gasteiger partial charge in [0.2, 0.25) is 0 Å². The first kappa shape index (κ1) is 11.9. The van der Waals surface area contributed by atoms with Crippen LogP contribution < -0.4 is 5.56 Å². The molecule has 3 rings (SSSR count). The number of benzene rings is 1. The van der Waals surface area contributed by atoms with E-state index in [4.69, 9.17) is 0 Å². The van der Waals surface area contributed by atoms with Gasteiger partial charge in [0.15, 0.2) is 0 Å². The first-order chi connectivity index (χ1) is 9.22. The van der Waals surface area contributed by atoms with Gasteiger partial charge >= 0.3 is 0 Å². The molecule has 1 aromatic carbocycles. The second-order valence-corrected chi connectivity index (χ2v) is 5.54. The van der Waals surface area contributed by atoms with Gasteiger partial charge in [-0.3, -0.25) is 4.79 Å². The molecule has 2 heterocycles. The Kier molecular flexibility index (Phi) is 3.01. The van der Waals surface area contributed by atoms with Gasteiger partial charge in [-0.2, -0.15) is 0 Å². The molecule has 1 N–H and O–H groups in total. The van der Waals surface area contributed by atoms with Gasteiger partial charge in [-0.25, -0.2) is 4.98 Å². The molecule has 0 saturated carbocycles. The first-order valence-corrected chi connectivity index (χ1v) is 6.77. The van der Waals surface area contributed by atoms with E-state index in [0.717, 1.165) is 16.1 Å². The van der Waals surface area contributed by atoms with E-state index in [1.165, 1.54) is 10.9 Å². The Bertz CT molecular complexity index is 759. The van der Waals surface area contributed by atoms with Crippen LogP contribution >= 0.6 is 11.3 Å². The quantitative estimate of drug-likeness (QED) is 0.773. The topological polar surface area (TPSA) is 45.8 Å². The molecule has 0 aliphatic heterocycles. The fourth-order valence-corrected chi connectivity index (χ4v) is 2.72. The standard InChI is InChI=1S/C15H12N2OS/c1-10-7-8-13(19-10)12-9-14(18)17-15(16-12)11-5-3-2-4-6-11/h2-9H,1H3,(H,16,17,18). The zero-order valence-electron chi connectivity index (χ0n) is 10.4. The average molecular weight is 268 g/mol. The van der Waals surface area contributed by atoms with E-state index in [1.807, 2.05) is 49.4 Å². The minimum absolute atomic E-state index is 0.130. The highest BCUT2D eigenvalue weighted by molar-refractivity contribution is 7.15. The Morgan fingerprint density at radius 1 is 1.11 bits per heavy atom. The normalized spacial score (nSPS) is 10.6. The number of hydrogen-bond acceptors (Lipinski definition) is 3. The van der Waals surface area contributed by atoms with Crippen LogP contribution in [0.15, 0.2) is 53.3 Å². The molecule has 19 heavy (non-hydrogen) atoms. The fraction of sp³-hybridized carbons (Fsp3) is 0.0667. The number of nitrogens with one attached hydrogen (secondary N) is 1. The maximum atomic E-state index is 11.8. The number of rotatable bonds is 2. The van der Waals surface area contributed by atoms with E-state index in [-0.39, 0.29) is 5.56 Å². The van der Waals surface area contributed by atoms with Gasteiger partial charge in [0.1, 0.15) is 5.82 Å². The number of hydrogen-bond donors (Lipinski definition) is 1. The Morgan fingerprint density at radius 3 is 2.58 bits per heavy atom. The smallest absolute Gasteiger partial charge is 0.251 e. The summed E-state index contributed by atoms with van der Waals surface area (Å²) in [5.74, 6) is 0.606. The minimum Gasteiger partial charge on any atom is -0.306 e. The van der Waals surface area contributed by atoms with Crippen LogP contribution in [0.2, 0.25) is 0 Å². The minimum atomic E-state index is -0.130. The van der Waals surface area contributed by atoms with Crippen LogP contribution in [0.25, 0.3) is 22.0 Å². The fourth-order valence-electron chi connectivity index (χ4n) is 1.89. The Labute approximate surface area is 114 Å². The van der Waals surface area contributed by atoms with Crippen molar-refractivity contribution in [2.45, 2.75) is 6.92 Å². The van der Waals surface area contributed by atoms with Gasteiger partial charge < -0.3 is 4.98 Å². The van der Waals surface area contributed by atoms with Crippen molar-refractivity contribution in [3.8, 4) is 22.0 Å². The summed E-state index contributed by atoms with van der Waals surface area (Å²) in [5, 5.41) is 0. The van der Waals surface area contributed by atoms with Crippen LogP contribution in [0.5, 0.6) is 0 Å². The summed E-state index contributed by atoms with van der Waals surface area (Å²) in [7, 11) is 0. The molecule has 0 bridgehead atoms. The van der Waals surface area contributed by atoms with Crippen molar-refractivity contribution in [3.63, 3.8) is 0 Å². The van der Waals surface area contributed by atoms with E-state index < -0.39 is 0 Å². The summed E-state index contributed by atoms with van der Waals surface area (Å²) in [4.78, 5) is 21.3. The number of H-pyrrole nitrogens is 1. The zero-order chi connectivity index (χ0) is 13.2. The maximum Gasteiger partial charge on any atom is 0.251 e. The number of aromatic nitrogens is 2. The molecule has 0 spiro atoms. The molecule has 0 saturated heterocycles. The lowest BCUT2D eigenvalue weighted by Crippen LogP contribution is -2.08. The molecule has 0 amide bonds. The van der Waals surface area contributed by atoms with Crippen molar-refractivity contribution in [2.24, 2.45) is 0 Å². The van der Waals surface area contributed by atoms with Crippen molar-refractivity contribution in [1.82, 2.24) is 9.97 Å². The lowest BCUT2D eigenvalue weighted by atomic mass is 10.2. The highest BCUT2D eigenvalue weighted by Gasteiger charge is 2.07. The van der Waals surface area contributed by atoms with E-state index in [1.54, 1.807) is 11.3 Å². The van der Waals surface area contributed by atoms with Crippen molar-refractivity contribution < 1.29 is 0 Å². The molecule has 0 aliphatic carbocycles. The van der Waals surface area contributed by atoms with Crippen LogP contribution in [-0.4, -0.2) is 9.97 Å². The zero-order valence-corrected chi connectivity index (χ0v) is 11.2. The number of thiophene rings is 1. The number of aromatic amines is 1. The molecule has 94 valence electrons. The molecule has 0 radical (unpaired) electrons. The van der Waals surface area contributed by atoms with E-state index >= 15 is 0 Å². The van der Waals surface area contributed by atoms with Crippen LogP contribution in [0.3, 0.4) is 0 Å². The summed E-state index contributed by atoms with van der Waals surface area (Å²) >= 11 is 1.64. The third-order valence-electron chi connectivity index (χ3n) is 2.78. The van der Waals surface area contributed by atoms with Gasteiger partial charge in [0.25, 0.3) is 5.56 Å². The highest BCUT2D eigenvalue weighted by Crippen LogP contribution is 2.26. The molecular formula is C15H12N2OS. The van der Waals surface area contributed by atoms with Gasteiger partial charge in [0.05, 0.1) is 10.6 Å². The Balaban J connectivity index is 2.14. The second kappa shape index (κ2) is 4.82. The SMILES string of the molecule is Cc1ccc(-c2cc(=O)[nH]c(-c3ccccc3)n2)s1. The van der Waals surface area contributed by atoms with Gasteiger partial charge in [-0.15, -0.1) is 11.3 Å². The average Bonchev–Trinajstić information content (AvgIpc) is 2.86. The second-order valence-electron chi connectivity index (χ2n) is 4.26. The third kappa shape index (κ3) is 2.48. The van der Waals surface area contributed by atoms with E-state index in [9.17, 15) is 4.79 Å². The van der Waals surface area contributed by atoms with Crippen molar-refractivity contribution >= 4 is 11.3 Å².